The third-order valence-corrected chi connectivity index (χ3v) is 5.31. The van der Waals surface area contributed by atoms with E-state index in [0.717, 1.165) is 10.4 Å². The lowest BCUT2D eigenvalue weighted by molar-refractivity contribution is -0.140. The maximum atomic E-state index is 12.4. The molecule has 0 saturated carbocycles. The summed E-state index contributed by atoms with van der Waals surface area (Å²) in [7, 11) is 0. The maximum Gasteiger partial charge on any atom is 0.314 e. The van der Waals surface area contributed by atoms with Crippen molar-refractivity contribution in [3.63, 3.8) is 0 Å². The minimum atomic E-state index is -0.272. The summed E-state index contributed by atoms with van der Waals surface area (Å²) < 4.78 is 5.46. The lowest BCUT2D eigenvalue weighted by Crippen LogP contribution is -2.40. The minimum Gasteiger partial charge on any atom is -0.425 e. The summed E-state index contributed by atoms with van der Waals surface area (Å²) in [4.78, 5) is 27.2. The van der Waals surface area contributed by atoms with E-state index in [0.29, 0.717) is 36.7 Å². The van der Waals surface area contributed by atoms with Crippen LogP contribution in [0.15, 0.2) is 35.7 Å². The Bertz CT molecular complexity index is 737. The summed E-state index contributed by atoms with van der Waals surface area (Å²) in [6, 6.07) is 9.05. The van der Waals surface area contributed by atoms with Gasteiger partial charge in [-0.05, 0) is 48.9 Å². The molecule has 126 valence electrons. The molecule has 4 nitrogen and oxygen atoms in total. The van der Waals surface area contributed by atoms with Crippen molar-refractivity contribution in [3.8, 4) is 5.75 Å². The lowest BCUT2D eigenvalue weighted by atomic mass is 9.97. The predicted octanol–water partition coefficient (Wildman–Crippen LogP) is 4.17. The number of amides is 1. The predicted molar refractivity (Wildman–Crippen MR) is 94.8 cm³/mol. The van der Waals surface area contributed by atoms with Crippen molar-refractivity contribution in [1.29, 1.82) is 0 Å². The summed E-state index contributed by atoms with van der Waals surface area (Å²) in [5.74, 6) is -0.0306. The second kappa shape index (κ2) is 7.36. The van der Waals surface area contributed by atoms with Crippen LogP contribution in [0.5, 0.6) is 5.75 Å². The minimum absolute atomic E-state index is 0.0403. The Labute approximate surface area is 150 Å². The summed E-state index contributed by atoms with van der Waals surface area (Å²) in [5, 5.41) is 2.32. The molecule has 0 unspecified atom stereocenters. The molecule has 2 aromatic rings. The van der Waals surface area contributed by atoms with Gasteiger partial charge in [-0.1, -0.05) is 23.7 Å². The quantitative estimate of drug-likeness (QED) is 0.607. The van der Waals surface area contributed by atoms with Crippen LogP contribution in [0.4, 0.5) is 0 Å². The van der Waals surface area contributed by atoms with Crippen LogP contribution >= 0.6 is 22.9 Å². The molecule has 0 aliphatic carbocycles. The molecule has 1 aliphatic heterocycles. The monoisotopic (exact) mass is 363 g/mol. The number of carbonyl (C=O) groups is 2. The van der Waals surface area contributed by atoms with Crippen LogP contribution in [-0.4, -0.2) is 29.9 Å². The van der Waals surface area contributed by atoms with Crippen molar-refractivity contribution >= 4 is 34.8 Å². The number of thiophene rings is 1. The van der Waals surface area contributed by atoms with E-state index in [1.54, 1.807) is 17.0 Å². The zero-order chi connectivity index (χ0) is 17.1. The van der Waals surface area contributed by atoms with Gasteiger partial charge in [0.2, 0.25) is 0 Å². The number of benzene rings is 1. The second-order valence-electron chi connectivity index (χ2n) is 5.90. The topological polar surface area (TPSA) is 46.6 Å². The van der Waals surface area contributed by atoms with Gasteiger partial charge in [0, 0.05) is 13.1 Å². The molecule has 0 bridgehead atoms. The van der Waals surface area contributed by atoms with E-state index < -0.39 is 0 Å². The Morgan fingerprint density at radius 1 is 1.25 bits per heavy atom. The van der Waals surface area contributed by atoms with Crippen LogP contribution in [0.2, 0.25) is 5.02 Å². The zero-order valence-electron chi connectivity index (χ0n) is 13.3. The van der Waals surface area contributed by atoms with Crippen molar-refractivity contribution in [3.05, 3.63) is 51.2 Å². The third-order valence-electron chi connectivity index (χ3n) is 4.14. The number of nitrogens with zero attached hydrogens (tertiary/aromatic N) is 1. The van der Waals surface area contributed by atoms with Crippen LogP contribution < -0.4 is 4.74 Å². The Hall–Kier alpha value is -1.85. The highest BCUT2D eigenvalue weighted by molar-refractivity contribution is 7.12. The first-order valence-corrected chi connectivity index (χ1v) is 9.11. The van der Waals surface area contributed by atoms with Gasteiger partial charge in [-0.15, -0.1) is 11.3 Å². The molecular weight excluding hydrogens is 346 g/mol. The molecule has 1 aromatic heterocycles. The Morgan fingerprint density at radius 3 is 2.67 bits per heavy atom. The van der Waals surface area contributed by atoms with E-state index >= 15 is 0 Å². The highest BCUT2D eigenvalue weighted by Crippen LogP contribution is 2.28. The van der Waals surface area contributed by atoms with Crippen molar-refractivity contribution in [2.45, 2.75) is 19.8 Å². The molecule has 1 saturated heterocycles. The van der Waals surface area contributed by atoms with Crippen LogP contribution in [-0.2, 0) is 4.79 Å². The Morgan fingerprint density at radius 2 is 2.00 bits per heavy atom. The highest BCUT2D eigenvalue weighted by Gasteiger charge is 2.29. The fraction of sp³-hybridized carbons (Fsp3) is 0.333. The van der Waals surface area contributed by atoms with Gasteiger partial charge in [0.1, 0.15) is 5.75 Å². The van der Waals surface area contributed by atoms with E-state index in [1.807, 2.05) is 30.5 Å². The van der Waals surface area contributed by atoms with Gasteiger partial charge in [0.15, 0.2) is 0 Å². The molecule has 0 spiro atoms. The summed E-state index contributed by atoms with van der Waals surface area (Å²) in [6.45, 7) is 3.05. The molecule has 1 fully saturated rings. The van der Waals surface area contributed by atoms with Crippen LogP contribution in [0.1, 0.15) is 28.1 Å². The van der Waals surface area contributed by atoms with E-state index in [9.17, 15) is 9.59 Å². The van der Waals surface area contributed by atoms with Crippen LogP contribution in [0.3, 0.4) is 0 Å². The molecule has 0 N–H and O–H groups in total. The molecule has 1 aliphatic rings. The number of carbonyl (C=O) groups excluding carboxylic acids is 2. The normalized spacial score (nSPS) is 15.3. The number of hydrogen-bond donors (Lipinski definition) is 0. The molecule has 2 heterocycles. The SMILES string of the molecule is Cc1ccc(Cl)c(OC(=O)C2CCN(C(=O)c3cccs3)CC2)c1. The standard InChI is InChI=1S/C18H18ClNO3S/c1-12-4-5-14(19)15(11-12)23-18(22)13-6-8-20(9-7-13)17(21)16-3-2-10-24-16/h2-5,10-11,13H,6-9H2,1H3. The van der Waals surface area contributed by atoms with Gasteiger partial charge >= 0.3 is 5.97 Å². The maximum absolute atomic E-state index is 12.4. The van der Waals surface area contributed by atoms with Crippen molar-refractivity contribution in [2.24, 2.45) is 5.92 Å². The number of hydrogen-bond acceptors (Lipinski definition) is 4. The lowest BCUT2D eigenvalue weighted by Gasteiger charge is -2.30. The molecule has 24 heavy (non-hydrogen) atoms. The molecule has 6 heteroatoms. The Balaban J connectivity index is 1.57. The fourth-order valence-electron chi connectivity index (χ4n) is 2.75. The van der Waals surface area contributed by atoms with Gasteiger partial charge < -0.3 is 9.64 Å². The average molecular weight is 364 g/mol. The largest absolute Gasteiger partial charge is 0.425 e. The first-order chi connectivity index (χ1) is 11.5. The summed E-state index contributed by atoms with van der Waals surface area (Å²) in [6.07, 6.45) is 1.22. The van der Waals surface area contributed by atoms with Gasteiger partial charge in [-0.2, -0.15) is 0 Å². The number of aryl methyl sites for hydroxylation is 1. The van der Waals surface area contributed by atoms with Crippen molar-refractivity contribution < 1.29 is 14.3 Å². The first-order valence-electron chi connectivity index (χ1n) is 7.85. The van der Waals surface area contributed by atoms with E-state index in [-0.39, 0.29) is 17.8 Å². The van der Waals surface area contributed by atoms with E-state index in [4.69, 9.17) is 16.3 Å². The number of piperidine rings is 1. The van der Waals surface area contributed by atoms with Crippen LogP contribution in [0, 0.1) is 12.8 Å². The number of esters is 1. The van der Waals surface area contributed by atoms with Crippen LogP contribution in [0.25, 0.3) is 0 Å². The molecule has 0 atom stereocenters. The number of rotatable bonds is 3. The highest BCUT2D eigenvalue weighted by atomic mass is 35.5. The number of halogens is 1. The summed E-state index contributed by atoms with van der Waals surface area (Å²) in [5.41, 5.74) is 0.985. The van der Waals surface area contributed by atoms with Gasteiger partial charge in [-0.3, -0.25) is 9.59 Å². The number of likely N-dealkylation sites (tertiary alicyclic amines) is 1. The third kappa shape index (κ3) is 3.79. The van der Waals surface area contributed by atoms with Gasteiger partial charge in [-0.25, -0.2) is 0 Å². The average Bonchev–Trinajstić information content (AvgIpc) is 3.12. The van der Waals surface area contributed by atoms with Crippen molar-refractivity contribution in [1.82, 2.24) is 4.90 Å². The molecule has 1 aromatic carbocycles. The molecular formula is C18H18ClNO3S. The smallest absolute Gasteiger partial charge is 0.314 e. The van der Waals surface area contributed by atoms with Gasteiger partial charge in [0.05, 0.1) is 15.8 Å². The molecule has 0 radical (unpaired) electrons. The first kappa shape index (κ1) is 17.0. The zero-order valence-corrected chi connectivity index (χ0v) is 14.9. The second-order valence-corrected chi connectivity index (χ2v) is 7.25. The van der Waals surface area contributed by atoms with Crippen molar-refractivity contribution in [2.75, 3.05) is 13.1 Å². The summed E-state index contributed by atoms with van der Waals surface area (Å²) >= 11 is 7.51. The fourth-order valence-corrected chi connectivity index (χ4v) is 3.60. The molecule has 3 rings (SSSR count). The van der Waals surface area contributed by atoms with E-state index in [2.05, 4.69) is 0 Å². The van der Waals surface area contributed by atoms with Gasteiger partial charge in [0.25, 0.3) is 5.91 Å². The number of ether oxygens (including phenoxy) is 1. The molecule has 1 amide bonds. The Kier molecular flexibility index (Phi) is 5.21. The van der Waals surface area contributed by atoms with E-state index in [1.165, 1.54) is 11.3 Å².